The van der Waals surface area contributed by atoms with Crippen molar-refractivity contribution in [3.05, 3.63) is 62.0 Å². The van der Waals surface area contributed by atoms with Gasteiger partial charge in [0.15, 0.2) is 0 Å². The van der Waals surface area contributed by atoms with Crippen molar-refractivity contribution in [2.45, 2.75) is 6.04 Å². The molecule has 0 radical (unpaired) electrons. The summed E-state index contributed by atoms with van der Waals surface area (Å²) < 4.78 is 33.8. The topological polar surface area (TPSA) is 35.2 Å². The van der Waals surface area contributed by atoms with E-state index in [2.05, 4.69) is 31.9 Å². The highest BCUT2D eigenvalue weighted by Crippen LogP contribution is 2.33. The van der Waals surface area contributed by atoms with Crippen LogP contribution in [0.4, 0.5) is 8.78 Å². The van der Waals surface area contributed by atoms with Crippen molar-refractivity contribution in [3.63, 3.8) is 0 Å². The molecule has 2 N–H and O–H groups in total. The quantitative estimate of drug-likeness (QED) is 0.759. The molecule has 1 unspecified atom stereocenters. The van der Waals surface area contributed by atoms with Crippen LogP contribution in [0.5, 0.6) is 5.75 Å². The summed E-state index contributed by atoms with van der Waals surface area (Å²) in [5, 5.41) is 0. The number of rotatable bonds is 3. The molecule has 2 aromatic rings. The minimum Gasteiger partial charge on any atom is -0.496 e. The van der Waals surface area contributed by atoms with Crippen LogP contribution in [0.1, 0.15) is 17.2 Å². The molecule has 0 fully saturated rings. The molecule has 2 nitrogen and oxygen atoms in total. The molecule has 0 bridgehead atoms. The maximum absolute atomic E-state index is 14.0. The fourth-order valence-electron chi connectivity index (χ4n) is 1.87. The molecule has 0 aliphatic heterocycles. The molecule has 0 heterocycles. The second kappa shape index (κ2) is 6.20. The van der Waals surface area contributed by atoms with Crippen LogP contribution in [0.15, 0.2) is 39.3 Å². The molecule has 0 aromatic heterocycles. The summed E-state index contributed by atoms with van der Waals surface area (Å²) in [6.45, 7) is 0. The first kappa shape index (κ1) is 15.4. The fraction of sp³-hybridized carbons (Fsp3) is 0.143. The average Bonchev–Trinajstić information content (AvgIpc) is 2.43. The molecule has 0 saturated carbocycles. The normalized spacial score (nSPS) is 12.3. The summed E-state index contributed by atoms with van der Waals surface area (Å²) in [5.74, 6) is -0.745. The highest BCUT2D eigenvalue weighted by molar-refractivity contribution is 9.10. The van der Waals surface area contributed by atoms with Gasteiger partial charge in [0.1, 0.15) is 17.4 Å². The standard InChI is InChI=1S/C14H11Br2F2NO/c1-20-11-5-2-7(6-9(11)16)14(19)12-10(17)4-3-8(15)13(12)18/h2-6,14H,19H2,1H3. The third-order valence-corrected chi connectivity index (χ3v) is 4.16. The van der Waals surface area contributed by atoms with Gasteiger partial charge in [0, 0.05) is 5.56 Å². The highest BCUT2D eigenvalue weighted by atomic mass is 79.9. The van der Waals surface area contributed by atoms with E-state index in [-0.39, 0.29) is 10.0 Å². The average molecular weight is 407 g/mol. The van der Waals surface area contributed by atoms with Gasteiger partial charge in [-0.1, -0.05) is 6.07 Å². The van der Waals surface area contributed by atoms with Crippen molar-refractivity contribution < 1.29 is 13.5 Å². The number of hydrogen-bond acceptors (Lipinski definition) is 2. The van der Waals surface area contributed by atoms with Gasteiger partial charge in [-0.15, -0.1) is 0 Å². The van der Waals surface area contributed by atoms with Gasteiger partial charge in [-0.05, 0) is 61.7 Å². The molecule has 2 aromatic carbocycles. The minimum absolute atomic E-state index is 0.170. The summed E-state index contributed by atoms with van der Waals surface area (Å²) in [5.41, 5.74) is 6.39. The van der Waals surface area contributed by atoms with Crippen LogP contribution in [-0.4, -0.2) is 7.11 Å². The van der Waals surface area contributed by atoms with Crippen LogP contribution in [0.3, 0.4) is 0 Å². The van der Waals surface area contributed by atoms with E-state index in [1.165, 1.54) is 19.2 Å². The van der Waals surface area contributed by atoms with Crippen LogP contribution >= 0.6 is 31.9 Å². The van der Waals surface area contributed by atoms with E-state index in [4.69, 9.17) is 10.5 Å². The van der Waals surface area contributed by atoms with Gasteiger partial charge in [-0.3, -0.25) is 0 Å². The Kier molecular flexibility index (Phi) is 4.78. The molecular weight excluding hydrogens is 396 g/mol. The van der Waals surface area contributed by atoms with Gasteiger partial charge in [-0.25, -0.2) is 8.78 Å². The van der Waals surface area contributed by atoms with E-state index < -0.39 is 17.7 Å². The van der Waals surface area contributed by atoms with E-state index in [9.17, 15) is 8.78 Å². The SMILES string of the molecule is COc1ccc(C(N)c2c(F)ccc(Br)c2F)cc1Br. The Bertz CT molecular complexity index is 649. The maximum Gasteiger partial charge on any atom is 0.145 e. The monoisotopic (exact) mass is 405 g/mol. The van der Waals surface area contributed by atoms with Crippen LogP contribution in [0.2, 0.25) is 0 Å². The van der Waals surface area contributed by atoms with Crippen molar-refractivity contribution in [1.29, 1.82) is 0 Å². The number of ether oxygens (including phenoxy) is 1. The van der Waals surface area contributed by atoms with Crippen LogP contribution < -0.4 is 10.5 Å². The van der Waals surface area contributed by atoms with Gasteiger partial charge in [0.05, 0.1) is 22.1 Å². The Balaban J connectivity index is 2.49. The number of hydrogen-bond donors (Lipinski definition) is 1. The molecule has 0 aliphatic rings. The zero-order chi connectivity index (χ0) is 14.9. The van der Waals surface area contributed by atoms with Gasteiger partial charge >= 0.3 is 0 Å². The lowest BCUT2D eigenvalue weighted by atomic mass is 9.98. The molecule has 0 amide bonds. The van der Waals surface area contributed by atoms with Gasteiger partial charge in [0.25, 0.3) is 0 Å². The molecule has 20 heavy (non-hydrogen) atoms. The lowest BCUT2D eigenvalue weighted by Crippen LogP contribution is -2.16. The van der Waals surface area contributed by atoms with Gasteiger partial charge in [-0.2, -0.15) is 0 Å². The number of methoxy groups -OCH3 is 1. The first-order valence-electron chi connectivity index (χ1n) is 5.68. The second-order valence-corrected chi connectivity index (χ2v) is 5.84. The first-order chi connectivity index (χ1) is 9.45. The lowest BCUT2D eigenvalue weighted by molar-refractivity contribution is 0.412. The van der Waals surface area contributed by atoms with E-state index in [1.807, 2.05) is 0 Å². The van der Waals surface area contributed by atoms with Crippen LogP contribution in [0, 0.1) is 11.6 Å². The minimum atomic E-state index is -0.908. The van der Waals surface area contributed by atoms with E-state index in [1.54, 1.807) is 18.2 Å². The Labute approximate surface area is 132 Å². The fourth-order valence-corrected chi connectivity index (χ4v) is 2.77. The lowest BCUT2D eigenvalue weighted by Gasteiger charge is -2.16. The van der Waals surface area contributed by atoms with Gasteiger partial charge in [0.2, 0.25) is 0 Å². The predicted molar refractivity (Wildman–Crippen MR) is 80.8 cm³/mol. The Morgan fingerprint density at radius 2 is 1.80 bits per heavy atom. The summed E-state index contributed by atoms with van der Waals surface area (Å²) in [7, 11) is 1.54. The summed E-state index contributed by atoms with van der Waals surface area (Å²) in [6.07, 6.45) is 0. The van der Waals surface area contributed by atoms with Crippen LogP contribution in [0.25, 0.3) is 0 Å². The third kappa shape index (κ3) is 2.87. The summed E-state index contributed by atoms with van der Waals surface area (Å²) in [4.78, 5) is 0. The molecule has 2 rings (SSSR count). The zero-order valence-electron chi connectivity index (χ0n) is 10.5. The highest BCUT2D eigenvalue weighted by Gasteiger charge is 2.21. The molecular formula is C14H11Br2F2NO. The van der Waals surface area contributed by atoms with Crippen molar-refractivity contribution in [2.24, 2.45) is 5.73 Å². The zero-order valence-corrected chi connectivity index (χ0v) is 13.6. The van der Waals surface area contributed by atoms with Crippen LogP contribution in [-0.2, 0) is 0 Å². The van der Waals surface area contributed by atoms with Crippen molar-refractivity contribution >= 4 is 31.9 Å². The van der Waals surface area contributed by atoms with Crippen molar-refractivity contribution in [1.82, 2.24) is 0 Å². The maximum atomic E-state index is 14.0. The van der Waals surface area contributed by atoms with Crippen molar-refractivity contribution in [2.75, 3.05) is 7.11 Å². The molecule has 0 aliphatic carbocycles. The number of halogens is 4. The molecule has 0 spiro atoms. The third-order valence-electron chi connectivity index (χ3n) is 2.93. The first-order valence-corrected chi connectivity index (χ1v) is 7.26. The Hall–Kier alpha value is -0.980. The van der Waals surface area contributed by atoms with E-state index in [0.717, 1.165) is 0 Å². The number of nitrogens with two attached hydrogens (primary N) is 1. The molecule has 106 valence electrons. The molecule has 0 saturated heterocycles. The summed E-state index contributed by atoms with van der Waals surface area (Å²) >= 11 is 6.35. The van der Waals surface area contributed by atoms with E-state index in [0.29, 0.717) is 15.8 Å². The Morgan fingerprint density at radius 3 is 2.40 bits per heavy atom. The number of benzene rings is 2. The smallest absolute Gasteiger partial charge is 0.145 e. The Morgan fingerprint density at radius 1 is 1.10 bits per heavy atom. The summed E-state index contributed by atoms with van der Waals surface area (Å²) in [6, 6.07) is 6.63. The largest absolute Gasteiger partial charge is 0.496 e. The predicted octanol–water partition coefficient (Wildman–Crippen LogP) is 4.55. The molecule has 6 heteroatoms. The second-order valence-electron chi connectivity index (χ2n) is 4.13. The van der Waals surface area contributed by atoms with E-state index >= 15 is 0 Å². The van der Waals surface area contributed by atoms with Gasteiger partial charge < -0.3 is 10.5 Å². The molecule has 1 atom stereocenters. The van der Waals surface area contributed by atoms with Crippen molar-refractivity contribution in [3.8, 4) is 5.75 Å².